The van der Waals surface area contributed by atoms with Gasteiger partial charge in [0, 0.05) is 38.8 Å². The molecule has 5 rings (SSSR count). The van der Waals surface area contributed by atoms with Crippen LogP contribution in [0, 0.1) is 12.3 Å². The first kappa shape index (κ1) is 23.7. The molecule has 1 aromatic heterocycles. The van der Waals surface area contributed by atoms with Crippen molar-refractivity contribution in [1.29, 1.82) is 5.41 Å². The van der Waals surface area contributed by atoms with E-state index < -0.39 is 23.0 Å². The Hall–Kier alpha value is -3.08. The van der Waals surface area contributed by atoms with Crippen LogP contribution < -0.4 is 0 Å². The maximum absolute atomic E-state index is 13.1. The smallest absolute Gasteiger partial charge is 0.340 e. The number of hydrogen-bond donors (Lipinski definition) is 1. The van der Waals surface area contributed by atoms with E-state index in [-0.39, 0.29) is 22.5 Å². The van der Waals surface area contributed by atoms with E-state index in [2.05, 4.69) is 10.1 Å². The SMILES string of the molecule is Cc1c(/C=C2/C(=N)N3N=C(C(F)(F)F)SC3=NC2=O)c2ccccc2n1Cc1ccc(Cl)cc1Cl. The minimum atomic E-state index is -4.70. The van der Waals surface area contributed by atoms with Gasteiger partial charge in [0.1, 0.15) is 0 Å². The van der Waals surface area contributed by atoms with Crippen LogP contribution in [-0.2, 0) is 11.3 Å². The molecule has 0 radical (unpaired) electrons. The Morgan fingerprint density at radius 2 is 1.91 bits per heavy atom. The van der Waals surface area contributed by atoms with Gasteiger partial charge in [0.25, 0.3) is 5.91 Å². The summed E-state index contributed by atoms with van der Waals surface area (Å²) in [7, 11) is 0. The van der Waals surface area contributed by atoms with Gasteiger partial charge in [-0.25, -0.2) is 0 Å². The predicted octanol–water partition coefficient (Wildman–Crippen LogP) is 6.49. The summed E-state index contributed by atoms with van der Waals surface area (Å²) >= 11 is 12.6. The zero-order chi connectivity index (χ0) is 25.1. The number of aliphatic imine (C=N–C) groups is 1. The Kier molecular flexibility index (Phi) is 5.77. The van der Waals surface area contributed by atoms with Gasteiger partial charge in [-0.15, -0.1) is 0 Å². The average molecular weight is 536 g/mol. The van der Waals surface area contributed by atoms with E-state index in [4.69, 9.17) is 28.6 Å². The maximum atomic E-state index is 13.1. The number of amidine groups is 2. The van der Waals surface area contributed by atoms with E-state index in [0.29, 0.717) is 22.2 Å². The van der Waals surface area contributed by atoms with Gasteiger partial charge in [-0.1, -0.05) is 47.5 Å². The number of hydrazone groups is 1. The third kappa shape index (κ3) is 4.15. The highest BCUT2D eigenvalue weighted by Crippen LogP contribution is 2.36. The number of carbonyl (C=O) groups excluding carboxylic acids is 1. The number of nitrogens with zero attached hydrogens (tertiary/aromatic N) is 4. The Morgan fingerprint density at radius 3 is 2.63 bits per heavy atom. The highest BCUT2D eigenvalue weighted by molar-refractivity contribution is 8.27. The lowest BCUT2D eigenvalue weighted by Gasteiger charge is -2.20. The average Bonchev–Trinajstić information content (AvgIpc) is 3.33. The first-order valence-corrected chi connectivity index (χ1v) is 11.7. The van der Waals surface area contributed by atoms with E-state index in [0.717, 1.165) is 27.2 Å². The number of benzene rings is 2. The molecule has 0 aliphatic carbocycles. The third-order valence-electron chi connectivity index (χ3n) is 5.61. The summed E-state index contributed by atoms with van der Waals surface area (Å²) in [6, 6.07) is 12.7. The van der Waals surface area contributed by atoms with Crippen LogP contribution in [0.2, 0.25) is 10.0 Å². The van der Waals surface area contributed by atoms with Crippen LogP contribution >= 0.6 is 35.0 Å². The lowest BCUT2D eigenvalue weighted by Crippen LogP contribution is -2.35. The lowest BCUT2D eigenvalue weighted by molar-refractivity contribution is -0.114. The summed E-state index contributed by atoms with van der Waals surface area (Å²) in [5.74, 6) is -1.27. The number of para-hydroxylation sites is 1. The van der Waals surface area contributed by atoms with Crippen LogP contribution in [0.5, 0.6) is 0 Å². The first-order chi connectivity index (χ1) is 16.5. The highest BCUT2D eigenvalue weighted by atomic mass is 35.5. The summed E-state index contributed by atoms with van der Waals surface area (Å²) < 4.78 is 41.3. The Labute approximate surface area is 211 Å². The first-order valence-electron chi connectivity index (χ1n) is 10.1. The van der Waals surface area contributed by atoms with E-state index >= 15 is 0 Å². The molecule has 0 unspecified atom stereocenters. The van der Waals surface area contributed by atoms with Crippen LogP contribution in [0.1, 0.15) is 16.8 Å². The van der Waals surface area contributed by atoms with Crippen molar-refractivity contribution in [2.24, 2.45) is 10.1 Å². The van der Waals surface area contributed by atoms with Crippen LogP contribution in [-0.4, -0.2) is 37.7 Å². The van der Waals surface area contributed by atoms with E-state index in [1.54, 1.807) is 12.1 Å². The van der Waals surface area contributed by atoms with Gasteiger partial charge in [0.05, 0.1) is 5.57 Å². The van der Waals surface area contributed by atoms with Crippen molar-refractivity contribution in [3.8, 4) is 0 Å². The van der Waals surface area contributed by atoms with Crippen LogP contribution in [0.3, 0.4) is 0 Å². The van der Waals surface area contributed by atoms with Crippen LogP contribution in [0.25, 0.3) is 17.0 Å². The second-order valence-corrected chi connectivity index (χ2v) is 9.56. The van der Waals surface area contributed by atoms with E-state index in [1.807, 2.05) is 41.8 Å². The number of fused-ring (bicyclic) bond motifs is 2. The zero-order valence-corrected chi connectivity index (χ0v) is 20.1. The monoisotopic (exact) mass is 535 g/mol. The Bertz CT molecular complexity index is 1520. The molecule has 0 spiro atoms. The molecule has 178 valence electrons. The van der Waals surface area contributed by atoms with Crippen molar-refractivity contribution < 1.29 is 18.0 Å². The van der Waals surface area contributed by atoms with E-state index in [1.165, 1.54) is 6.08 Å². The fraction of sp³-hybridized carbons (Fsp3) is 0.130. The summed E-state index contributed by atoms with van der Waals surface area (Å²) in [6.07, 6.45) is -3.22. The summed E-state index contributed by atoms with van der Waals surface area (Å²) in [5.41, 5.74) is 2.95. The third-order valence-corrected chi connectivity index (χ3v) is 7.15. The number of alkyl halides is 3. The van der Waals surface area contributed by atoms with Gasteiger partial charge in [-0.05, 0) is 48.5 Å². The summed E-state index contributed by atoms with van der Waals surface area (Å²) in [4.78, 5) is 16.5. The molecule has 3 aromatic rings. The number of nitrogens with one attached hydrogen (secondary N) is 1. The number of aromatic nitrogens is 1. The van der Waals surface area contributed by atoms with Gasteiger partial charge < -0.3 is 4.57 Å². The molecule has 0 saturated heterocycles. The Morgan fingerprint density at radius 1 is 1.17 bits per heavy atom. The zero-order valence-electron chi connectivity index (χ0n) is 17.8. The molecule has 12 heteroatoms. The predicted molar refractivity (Wildman–Crippen MR) is 133 cm³/mol. The van der Waals surface area contributed by atoms with Crippen LogP contribution in [0.4, 0.5) is 13.2 Å². The topological polar surface area (TPSA) is 73.8 Å². The van der Waals surface area contributed by atoms with Crippen molar-refractivity contribution in [1.82, 2.24) is 9.58 Å². The lowest BCUT2D eigenvalue weighted by atomic mass is 10.1. The summed E-state index contributed by atoms with van der Waals surface area (Å²) in [5, 5.41) is 12.9. The molecule has 2 aliphatic rings. The minimum absolute atomic E-state index is 0.156. The minimum Gasteiger partial charge on any atom is -0.340 e. The molecule has 1 N–H and O–H groups in total. The van der Waals surface area contributed by atoms with Crippen molar-refractivity contribution >= 4 is 73.9 Å². The molecule has 35 heavy (non-hydrogen) atoms. The van der Waals surface area contributed by atoms with Crippen molar-refractivity contribution in [2.75, 3.05) is 0 Å². The molecular formula is C23H14Cl2F3N5OS. The Balaban J connectivity index is 1.60. The quantitative estimate of drug-likeness (QED) is 0.389. The molecule has 0 atom stereocenters. The molecule has 2 aliphatic heterocycles. The number of thioether (sulfide) groups is 1. The molecule has 6 nitrogen and oxygen atoms in total. The largest absolute Gasteiger partial charge is 0.441 e. The fourth-order valence-corrected chi connectivity index (χ4v) is 5.14. The van der Waals surface area contributed by atoms with Gasteiger partial charge in [0.2, 0.25) is 10.2 Å². The summed E-state index contributed by atoms with van der Waals surface area (Å²) in [6.45, 7) is 2.27. The number of rotatable bonds is 3. The molecule has 2 aromatic carbocycles. The number of halogens is 5. The molecule has 3 heterocycles. The van der Waals surface area contributed by atoms with Gasteiger partial charge in [-0.3, -0.25) is 10.2 Å². The number of hydrogen-bond acceptors (Lipinski definition) is 4. The van der Waals surface area contributed by atoms with Crippen LogP contribution in [0.15, 0.2) is 58.1 Å². The second kappa shape index (κ2) is 8.54. The molecule has 0 bridgehead atoms. The normalized spacial score (nSPS) is 17.3. The van der Waals surface area contributed by atoms with Gasteiger partial charge >= 0.3 is 6.18 Å². The number of amides is 1. The number of carbonyl (C=O) groups is 1. The molecule has 0 fully saturated rings. The van der Waals surface area contributed by atoms with Gasteiger partial charge in [0.15, 0.2) is 5.84 Å². The van der Waals surface area contributed by atoms with Gasteiger partial charge in [-0.2, -0.15) is 28.3 Å². The van der Waals surface area contributed by atoms with Crippen molar-refractivity contribution in [3.63, 3.8) is 0 Å². The molecular weight excluding hydrogens is 522 g/mol. The van der Waals surface area contributed by atoms with Crippen molar-refractivity contribution in [2.45, 2.75) is 19.6 Å². The highest BCUT2D eigenvalue weighted by Gasteiger charge is 2.46. The maximum Gasteiger partial charge on any atom is 0.441 e. The second-order valence-electron chi connectivity index (χ2n) is 7.76. The van der Waals surface area contributed by atoms with E-state index in [9.17, 15) is 18.0 Å². The van der Waals surface area contributed by atoms with Crippen molar-refractivity contribution in [3.05, 3.63) is 74.9 Å². The molecule has 0 saturated carbocycles. The standard InChI is InChI=1S/C23H14Cl2F3N5OS/c1-11-15(9-16-19(29)33-22(30-20(16)34)35-21(31-33)23(26,27)28)14-4-2-3-5-18(14)32(11)10-12-6-7-13(24)8-17(12)25/h2-9,29H,10H2,1H3/b16-9-,29-19?. The fourth-order valence-electron chi connectivity index (χ4n) is 3.91. The molecule has 1 amide bonds.